The number of carbonyl (C=O) groups is 2. The highest BCUT2D eigenvalue weighted by molar-refractivity contribution is 5.97. The third-order valence-corrected chi connectivity index (χ3v) is 11.8. The maximum Gasteiger partial charge on any atom is 0.408 e. The zero-order valence-corrected chi connectivity index (χ0v) is 32.8. The van der Waals surface area contributed by atoms with Crippen molar-refractivity contribution in [1.29, 1.82) is 0 Å². The van der Waals surface area contributed by atoms with Crippen LogP contribution in [0.15, 0.2) is 138 Å². The summed E-state index contributed by atoms with van der Waals surface area (Å²) in [5.41, 5.74) is 5.09. The number of aromatic nitrogens is 1. The molecule has 3 aliphatic rings. The van der Waals surface area contributed by atoms with Gasteiger partial charge in [0.05, 0.1) is 30.8 Å². The molecule has 4 heterocycles. The lowest BCUT2D eigenvalue weighted by molar-refractivity contribution is -0.938. The van der Waals surface area contributed by atoms with Crippen LogP contribution < -0.4 is 20.9 Å². The number of Topliss-reactive ketones (excluding diaryl/α,β-unsaturated/α-hetero) is 1. The zero-order chi connectivity index (χ0) is 40.8. The zero-order valence-electron chi connectivity index (χ0n) is 32.8. The van der Waals surface area contributed by atoms with Gasteiger partial charge in [0.1, 0.15) is 31.2 Å². The monoisotopic (exact) mass is 793 g/mol. The number of piperidine rings is 3. The number of ketones is 1. The fourth-order valence-electron chi connectivity index (χ4n) is 8.61. The molecule has 0 aliphatic carbocycles. The van der Waals surface area contributed by atoms with Gasteiger partial charge in [0, 0.05) is 48.9 Å². The van der Waals surface area contributed by atoms with Crippen LogP contribution in [0.4, 0.5) is 4.79 Å². The predicted octanol–water partition coefficient (Wildman–Crippen LogP) is 6.94. The molecule has 3 atom stereocenters. The number of rotatable bonds is 15. The number of nitrogens with one attached hydrogen (secondary N) is 3. The number of carbonyl (C=O) groups excluding carboxylic acids is 2. The normalized spacial score (nSPS) is 19.5. The molecule has 1 amide bonds. The number of hydrogen-bond acceptors (Lipinski definition) is 8. The highest BCUT2D eigenvalue weighted by Gasteiger charge is 2.48. The summed E-state index contributed by atoms with van der Waals surface area (Å²) in [5, 5.41) is 28.1. The van der Waals surface area contributed by atoms with Gasteiger partial charge in [0.2, 0.25) is 11.3 Å². The van der Waals surface area contributed by atoms with Crippen molar-refractivity contribution < 1.29 is 33.8 Å². The topological polar surface area (TPSA) is 150 Å². The number of phenols is 1. The number of hydrogen-bond donors (Lipinski definition) is 5. The van der Waals surface area contributed by atoms with Gasteiger partial charge < -0.3 is 39.8 Å². The minimum atomic E-state index is -0.850. The van der Waals surface area contributed by atoms with Gasteiger partial charge >= 0.3 is 6.09 Å². The third-order valence-electron chi connectivity index (χ3n) is 11.8. The molecule has 0 radical (unpaired) electrons. The van der Waals surface area contributed by atoms with Crippen LogP contribution in [0.1, 0.15) is 63.2 Å². The Kier molecular flexibility index (Phi) is 11.9. The summed E-state index contributed by atoms with van der Waals surface area (Å²) in [7, 11) is 0. The van der Waals surface area contributed by atoms with Gasteiger partial charge in [0.25, 0.3) is 0 Å². The Labute approximate surface area is 342 Å². The van der Waals surface area contributed by atoms with Gasteiger partial charge in [-0.15, -0.1) is 0 Å². The van der Waals surface area contributed by atoms with Crippen LogP contribution in [0.2, 0.25) is 0 Å². The van der Waals surface area contributed by atoms with Crippen molar-refractivity contribution in [2.45, 2.75) is 44.2 Å². The average molecular weight is 794 g/mol. The van der Waals surface area contributed by atoms with Gasteiger partial charge in [-0.2, -0.15) is 0 Å². The summed E-state index contributed by atoms with van der Waals surface area (Å²) in [5.74, 6) is 1.03. The minimum absolute atomic E-state index is 0.0467. The number of alkyl carbamates (subject to hydrolysis) is 1. The predicted molar refractivity (Wildman–Crippen MR) is 225 cm³/mol. The third kappa shape index (κ3) is 9.39. The number of nitrogens with zero attached hydrogens (tertiary/aromatic N) is 1. The lowest BCUT2D eigenvalue weighted by atomic mass is 9.83. The first-order valence-electron chi connectivity index (χ1n) is 20.2. The van der Waals surface area contributed by atoms with Crippen LogP contribution >= 0.6 is 0 Å². The van der Waals surface area contributed by atoms with Crippen LogP contribution in [0.25, 0.3) is 10.9 Å². The fourth-order valence-corrected chi connectivity index (χ4v) is 8.61. The standard InChI is InChI=1S/C48H48N4O7/c53-41-20-18-39(40-19-21-45(56)50-47(40)41)42(54)28-49-27-32-14-16-33(17-15-32)31-58-38-13-7-12-37(26-38)46(36-10-5-2-6-11-36)51-48(57)59-44-30-52(24-22-35(44)23-25-52)29-43(55)34-8-3-1-4-9-34/h1-21,26,35,42,44,46,49,54H,22-25,27-31H2,(H2-,50,51,53,56,57)/p+1. The second kappa shape index (κ2) is 17.7. The Morgan fingerprint density at radius 2 is 1.53 bits per heavy atom. The van der Waals surface area contributed by atoms with Crippen LogP contribution in [-0.2, 0) is 17.9 Å². The first-order valence-corrected chi connectivity index (χ1v) is 20.2. The SMILES string of the molecule is O=C(NC(c1ccccc1)c1cccc(OCc2ccc(CNCC(O)c3ccc(O)c4[nH]c(=O)ccc34)cc2)c1)OC1C[N+]2(CC(=O)c3ccccc3)CCC1CC2. The molecule has 11 heteroatoms. The molecule has 0 spiro atoms. The number of amides is 1. The number of pyridine rings is 1. The van der Waals surface area contributed by atoms with Crippen LogP contribution in [0.5, 0.6) is 11.5 Å². The number of ether oxygens (including phenoxy) is 2. The second-order valence-electron chi connectivity index (χ2n) is 15.8. The summed E-state index contributed by atoms with van der Waals surface area (Å²) in [6, 6.07) is 40.6. The maximum atomic E-state index is 13.7. The molecule has 302 valence electrons. The summed E-state index contributed by atoms with van der Waals surface area (Å²) >= 11 is 0. The van der Waals surface area contributed by atoms with Crippen LogP contribution in [0.3, 0.4) is 0 Å². The van der Waals surface area contributed by atoms with Crippen molar-refractivity contribution in [3.63, 3.8) is 0 Å². The Balaban J connectivity index is 0.863. The molecule has 6 aromatic rings. The summed E-state index contributed by atoms with van der Waals surface area (Å²) < 4.78 is 13.1. The van der Waals surface area contributed by atoms with Crippen molar-refractivity contribution >= 4 is 22.8 Å². The van der Waals surface area contributed by atoms with E-state index in [1.165, 1.54) is 12.1 Å². The molecule has 1 aromatic heterocycles. The number of phenolic OH excluding ortho intramolecular Hbond substituents is 1. The van der Waals surface area contributed by atoms with Crippen molar-refractivity contribution in [2.24, 2.45) is 5.92 Å². The van der Waals surface area contributed by atoms with E-state index >= 15 is 0 Å². The lowest BCUT2D eigenvalue weighted by Crippen LogP contribution is -2.66. The molecule has 59 heavy (non-hydrogen) atoms. The van der Waals surface area contributed by atoms with Gasteiger partial charge in [-0.25, -0.2) is 4.79 Å². The van der Waals surface area contributed by atoms with Gasteiger partial charge in [-0.05, 0) is 52.1 Å². The van der Waals surface area contributed by atoms with Crippen molar-refractivity contribution in [3.8, 4) is 11.5 Å². The number of aromatic amines is 1. The summed E-state index contributed by atoms with van der Waals surface area (Å²) in [6.07, 6.45) is 0.262. The van der Waals surface area contributed by atoms with E-state index in [9.17, 15) is 24.6 Å². The van der Waals surface area contributed by atoms with E-state index in [2.05, 4.69) is 15.6 Å². The number of aliphatic hydroxyl groups is 1. The first-order chi connectivity index (χ1) is 28.7. The first kappa shape index (κ1) is 39.6. The van der Waals surface area contributed by atoms with E-state index < -0.39 is 18.2 Å². The lowest BCUT2D eigenvalue weighted by Gasteiger charge is -2.51. The average Bonchev–Trinajstić information content (AvgIpc) is 3.26. The molecular weight excluding hydrogens is 745 g/mol. The van der Waals surface area contributed by atoms with E-state index in [0.717, 1.165) is 53.7 Å². The van der Waals surface area contributed by atoms with Crippen LogP contribution in [-0.4, -0.2) is 70.4 Å². The van der Waals surface area contributed by atoms with E-state index in [1.807, 2.05) is 109 Å². The molecule has 5 aromatic carbocycles. The Morgan fingerprint density at radius 1 is 0.814 bits per heavy atom. The largest absolute Gasteiger partial charge is 0.506 e. The van der Waals surface area contributed by atoms with Crippen molar-refractivity contribution in [1.82, 2.24) is 15.6 Å². The number of quaternary nitrogens is 1. The fraction of sp³-hybridized carbons (Fsp3) is 0.271. The maximum absolute atomic E-state index is 13.7. The van der Waals surface area contributed by atoms with E-state index in [1.54, 1.807) is 12.1 Å². The minimum Gasteiger partial charge on any atom is -0.506 e. The Hall–Kier alpha value is -6.27. The van der Waals surface area contributed by atoms with Gasteiger partial charge in [0.15, 0.2) is 6.10 Å². The Bertz CT molecular complexity index is 2450. The number of benzene rings is 5. The number of H-pyrrole nitrogens is 1. The second-order valence-corrected chi connectivity index (χ2v) is 15.8. The van der Waals surface area contributed by atoms with Crippen molar-refractivity contribution in [2.75, 3.05) is 32.7 Å². The Morgan fingerprint density at radius 3 is 2.29 bits per heavy atom. The van der Waals surface area contributed by atoms with Crippen molar-refractivity contribution in [3.05, 3.63) is 177 Å². The molecule has 3 aliphatic heterocycles. The smallest absolute Gasteiger partial charge is 0.408 e. The van der Waals surface area contributed by atoms with Gasteiger partial charge in [-0.3, -0.25) is 9.59 Å². The molecule has 9 rings (SSSR count). The molecule has 5 N–H and O–H groups in total. The quantitative estimate of drug-likeness (QED) is 0.0555. The molecule has 0 saturated carbocycles. The number of fused-ring (bicyclic) bond motifs is 4. The number of aliphatic hydroxyl groups excluding tert-OH is 1. The summed E-state index contributed by atoms with van der Waals surface area (Å²) in [6.45, 7) is 4.03. The summed E-state index contributed by atoms with van der Waals surface area (Å²) in [4.78, 5) is 41.3. The van der Waals surface area contributed by atoms with Crippen LogP contribution in [0, 0.1) is 5.92 Å². The molecule has 3 fully saturated rings. The van der Waals surface area contributed by atoms with E-state index in [-0.39, 0.29) is 35.7 Å². The number of aromatic hydroxyl groups is 1. The molecule has 3 unspecified atom stereocenters. The molecule has 3 saturated heterocycles. The molecule has 2 bridgehead atoms. The van der Waals surface area contributed by atoms with E-state index in [4.69, 9.17) is 9.47 Å². The highest BCUT2D eigenvalue weighted by atomic mass is 16.6. The van der Waals surface area contributed by atoms with E-state index in [0.29, 0.717) is 52.9 Å². The van der Waals surface area contributed by atoms with Gasteiger partial charge in [-0.1, -0.05) is 103 Å². The highest BCUT2D eigenvalue weighted by Crippen LogP contribution is 2.36. The molecule has 11 nitrogen and oxygen atoms in total. The molecular formula is C48H49N4O7+.